The summed E-state index contributed by atoms with van der Waals surface area (Å²) in [6.07, 6.45) is -0.198. The smallest absolute Gasteiger partial charge is 0.234 e. The van der Waals surface area contributed by atoms with Gasteiger partial charge in [0.05, 0.1) is 33.9 Å². The largest absolute Gasteiger partial charge is 0.391 e. The molecule has 2 aliphatic rings. The number of hydrogen-bond donors (Lipinski definition) is 2. The summed E-state index contributed by atoms with van der Waals surface area (Å²) in [7, 11) is 0. The van der Waals surface area contributed by atoms with Gasteiger partial charge in [-0.25, -0.2) is 4.98 Å². The molecule has 0 spiro atoms. The number of rotatable bonds is 7. The van der Waals surface area contributed by atoms with E-state index in [-0.39, 0.29) is 24.4 Å². The fraction of sp³-hybridized carbons (Fsp3) is 0.500. The molecule has 0 unspecified atom stereocenters. The summed E-state index contributed by atoms with van der Waals surface area (Å²) in [4.78, 5) is 21.2. The van der Waals surface area contributed by atoms with Crippen LogP contribution in [0.25, 0.3) is 10.4 Å². The lowest BCUT2D eigenvalue weighted by Gasteiger charge is -2.35. The van der Waals surface area contributed by atoms with Gasteiger partial charge in [-0.05, 0) is 44.7 Å². The third-order valence-electron chi connectivity index (χ3n) is 7.63. The predicted octanol–water partition coefficient (Wildman–Crippen LogP) is 4.23. The van der Waals surface area contributed by atoms with Crippen LogP contribution in [0.1, 0.15) is 62.7 Å². The number of aliphatic hydroxyl groups is 1. The molecule has 2 aromatic heterocycles. The molecule has 1 aromatic carbocycles. The maximum atomic E-state index is 13.9. The molecule has 1 saturated heterocycles. The Labute approximate surface area is 227 Å². The highest BCUT2D eigenvalue weighted by molar-refractivity contribution is 7.13. The topological polar surface area (TPSA) is 107 Å². The van der Waals surface area contributed by atoms with Crippen LogP contribution in [0.2, 0.25) is 0 Å². The van der Waals surface area contributed by atoms with E-state index in [0.29, 0.717) is 24.6 Å². The zero-order valence-corrected chi connectivity index (χ0v) is 23.6. The quantitative estimate of drug-likeness (QED) is 0.465. The molecule has 1 fully saturated rings. The molecule has 9 nitrogen and oxygen atoms in total. The van der Waals surface area contributed by atoms with Gasteiger partial charge in [0.1, 0.15) is 17.5 Å². The summed E-state index contributed by atoms with van der Waals surface area (Å²) >= 11 is 1.64. The Hall–Kier alpha value is -3.24. The second kappa shape index (κ2) is 10.1. The van der Waals surface area contributed by atoms with Gasteiger partial charge in [-0.15, -0.1) is 11.3 Å². The van der Waals surface area contributed by atoms with Crippen molar-refractivity contribution in [1.29, 1.82) is 0 Å². The number of amides is 1. The van der Waals surface area contributed by atoms with Gasteiger partial charge in [0, 0.05) is 25.6 Å². The molecule has 3 aromatic rings. The maximum absolute atomic E-state index is 13.9. The first-order valence-corrected chi connectivity index (χ1v) is 14.1. The molecule has 202 valence electrons. The summed E-state index contributed by atoms with van der Waals surface area (Å²) in [5.41, 5.74) is 5.25. The molecular formula is C28H36N6O3S. The van der Waals surface area contributed by atoms with E-state index in [4.69, 9.17) is 9.62 Å². The van der Waals surface area contributed by atoms with Crippen LogP contribution in [0.3, 0.4) is 0 Å². The molecule has 2 aliphatic heterocycles. The molecule has 0 saturated carbocycles. The molecule has 4 atom stereocenters. The summed E-state index contributed by atoms with van der Waals surface area (Å²) in [5.74, 6) is 0.688. The van der Waals surface area contributed by atoms with E-state index in [0.717, 1.165) is 22.5 Å². The van der Waals surface area contributed by atoms with Gasteiger partial charge >= 0.3 is 0 Å². The van der Waals surface area contributed by atoms with Crippen LogP contribution in [0, 0.1) is 19.8 Å². The Bertz CT molecular complexity index is 1330. The molecule has 5 rings (SSSR count). The van der Waals surface area contributed by atoms with Crippen molar-refractivity contribution in [3.63, 3.8) is 0 Å². The number of aryl methyl sites for hydroxylation is 2. The monoisotopic (exact) mass is 536 g/mol. The normalized spacial score (nSPS) is 24.2. The third-order valence-corrected chi connectivity index (χ3v) is 8.61. The Morgan fingerprint density at radius 1 is 1.29 bits per heavy atom. The molecule has 0 radical (unpaired) electrons. The van der Waals surface area contributed by atoms with Gasteiger partial charge in [0.25, 0.3) is 0 Å². The molecule has 0 bridgehead atoms. The maximum Gasteiger partial charge on any atom is 0.234 e. The van der Waals surface area contributed by atoms with E-state index in [9.17, 15) is 9.90 Å². The number of β-amino-alcohol motifs (C(OH)–C–C–N with tert-alkyl or cyclic N) is 1. The average molecular weight is 537 g/mol. The number of nitrogens with zero attached hydrogens (tertiary/aromatic N) is 5. The van der Waals surface area contributed by atoms with Crippen molar-refractivity contribution < 1.29 is 14.4 Å². The van der Waals surface area contributed by atoms with Gasteiger partial charge in [-0.2, -0.15) is 5.10 Å². The minimum atomic E-state index is -0.624. The number of likely N-dealkylation sites (tertiary alicyclic amines) is 1. The Morgan fingerprint density at radius 2 is 2.03 bits per heavy atom. The number of carbonyl (C=O) groups is 1. The fourth-order valence-electron chi connectivity index (χ4n) is 5.61. The molecule has 38 heavy (non-hydrogen) atoms. The van der Waals surface area contributed by atoms with E-state index in [2.05, 4.69) is 53.6 Å². The number of amidine groups is 1. The summed E-state index contributed by atoms with van der Waals surface area (Å²) < 4.78 is 5.51. The van der Waals surface area contributed by atoms with Gasteiger partial charge in [-0.3, -0.25) is 9.80 Å². The van der Waals surface area contributed by atoms with E-state index in [1.807, 2.05) is 44.3 Å². The predicted molar refractivity (Wildman–Crippen MR) is 148 cm³/mol. The number of aromatic nitrogens is 2. The summed E-state index contributed by atoms with van der Waals surface area (Å²) in [6.45, 7) is 13.0. The van der Waals surface area contributed by atoms with E-state index < -0.39 is 17.7 Å². The highest BCUT2D eigenvalue weighted by Gasteiger charge is 2.47. The molecule has 10 heteroatoms. The number of hydrazone groups is 1. The third kappa shape index (κ3) is 4.60. The lowest BCUT2D eigenvalue weighted by atomic mass is 9.91. The van der Waals surface area contributed by atoms with Crippen LogP contribution < -0.4 is 5.32 Å². The van der Waals surface area contributed by atoms with Crippen molar-refractivity contribution in [2.75, 3.05) is 13.1 Å². The number of aliphatic hydroxyl groups excluding tert-OH is 1. The Balaban J connectivity index is 1.41. The highest BCUT2D eigenvalue weighted by atomic mass is 32.1. The number of carbonyl (C=O) groups excluding carboxylic acids is 1. The summed E-state index contributed by atoms with van der Waals surface area (Å²) in [6, 6.07) is 9.94. The summed E-state index contributed by atoms with van der Waals surface area (Å²) in [5, 5.41) is 25.3. The van der Waals surface area contributed by atoms with Crippen LogP contribution in [-0.4, -0.2) is 62.1 Å². The zero-order valence-electron chi connectivity index (χ0n) is 22.8. The SMILES string of the molecule is CCN1N=C([C@@H]2C[C@@H](O)CN2C(=O)[C@@H](c2cc(C)no2)C(C)C)N[C@@]1(C)c1ccc(-c2scnc2C)cc1. The molecule has 1 amide bonds. The minimum absolute atomic E-state index is 0.00446. The van der Waals surface area contributed by atoms with Crippen molar-refractivity contribution in [2.45, 2.75) is 71.7 Å². The lowest BCUT2D eigenvalue weighted by molar-refractivity contribution is -0.134. The highest BCUT2D eigenvalue weighted by Crippen LogP contribution is 2.36. The van der Waals surface area contributed by atoms with Crippen molar-refractivity contribution in [1.82, 2.24) is 25.4 Å². The van der Waals surface area contributed by atoms with Crippen molar-refractivity contribution in [2.24, 2.45) is 11.0 Å². The Morgan fingerprint density at radius 3 is 2.61 bits per heavy atom. The van der Waals surface area contributed by atoms with Crippen LogP contribution in [-0.2, 0) is 10.5 Å². The number of benzene rings is 1. The molecular weight excluding hydrogens is 500 g/mol. The fourth-order valence-corrected chi connectivity index (χ4v) is 6.42. The van der Waals surface area contributed by atoms with Crippen LogP contribution in [0.5, 0.6) is 0 Å². The first-order chi connectivity index (χ1) is 18.1. The van der Waals surface area contributed by atoms with Crippen molar-refractivity contribution >= 4 is 23.1 Å². The van der Waals surface area contributed by atoms with Crippen molar-refractivity contribution in [3.05, 3.63) is 58.6 Å². The minimum Gasteiger partial charge on any atom is -0.391 e. The van der Waals surface area contributed by atoms with Crippen molar-refractivity contribution in [3.8, 4) is 10.4 Å². The van der Waals surface area contributed by atoms with Gasteiger partial charge in [-0.1, -0.05) is 43.3 Å². The molecule has 4 heterocycles. The van der Waals surface area contributed by atoms with Crippen LogP contribution >= 0.6 is 11.3 Å². The standard InChI is InChI=1S/C28H36N6O3S/c1-7-34-28(6,20-10-8-19(9-11-20)25-18(5)29-15-38-25)30-26(31-34)22-13-21(35)14-33(22)27(36)24(16(2)3)23-12-17(4)32-37-23/h8-12,15-16,21-22,24,35H,7,13-14H2,1-6H3,(H,30,31)/t21-,22+,24-,28-/m1/s1. The van der Waals surface area contributed by atoms with E-state index >= 15 is 0 Å². The average Bonchev–Trinajstić information content (AvgIpc) is 3.66. The first kappa shape index (κ1) is 26.4. The van der Waals surface area contributed by atoms with Crippen LogP contribution in [0.15, 0.2) is 45.5 Å². The number of hydrogen-bond acceptors (Lipinski definition) is 9. The van der Waals surface area contributed by atoms with Gasteiger partial charge in [0.2, 0.25) is 5.91 Å². The molecule has 0 aliphatic carbocycles. The number of nitrogens with one attached hydrogen (secondary N) is 1. The Kier molecular flexibility index (Phi) is 7.04. The lowest BCUT2D eigenvalue weighted by Crippen LogP contribution is -2.52. The number of thiazole rings is 1. The van der Waals surface area contributed by atoms with Gasteiger partial charge < -0.3 is 19.8 Å². The van der Waals surface area contributed by atoms with E-state index in [1.165, 1.54) is 4.88 Å². The van der Waals surface area contributed by atoms with Crippen LogP contribution in [0.4, 0.5) is 0 Å². The van der Waals surface area contributed by atoms with Gasteiger partial charge in [0.15, 0.2) is 5.66 Å². The zero-order chi connectivity index (χ0) is 27.2. The first-order valence-electron chi connectivity index (χ1n) is 13.2. The molecule has 2 N–H and O–H groups in total. The second-order valence-corrected chi connectivity index (χ2v) is 11.6. The van der Waals surface area contributed by atoms with E-state index in [1.54, 1.807) is 16.2 Å². The second-order valence-electron chi connectivity index (χ2n) is 10.7.